The Hall–Kier alpha value is -2.36. The number of hydrogen-bond acceptors (Lipinski definition) is 3. The summed E-state index contributed by atoms with van der Waals surface area (Å²) in [5.41, 5.74) is 4.91. The molecule has 134 valence electrons. The van der Waals surface area contributed by atoms with E-state index in [4.69, 9.17) is 0 Å². The second-order valence-corrected chi connectivity index (χ2v) is 7.28. The predicted octanol–water partition coefficient (Wildman–Crippen LogP) is 2.89. The van der Waals surface area contributed by atoms with Gasteiger partial charge in [-0.1, -0.05) is 0 Å². The van der Waals surface area contributed by atoms with Crippen LogP contribution in [0.2, 0.25) is 0 Å². The molecule has 0 aromatic heterocycles. The molecule has 0 saturated carbocycles. The van der Waals surface area contributed by atoms with Crippen LogP contribution in [0.25, 0.3) is 6.08 Å². The number of aryl methyl sites for hydroxylation is 1. The van der Waals surface area contributed by atoms with Crippen molar-refractivity contribution in [2.75, 3.05) is 30.9 Å². The van der Waals surface area contributed by atoms with Crippen LogP contribution in [-0.2, 0) is 11.2 Å². The van der Waals surface area contributed by atoms with Crippen LogP contribution in [0.3, 0.4) is 0 Å². The summed E-state index contributed by atoms with van der Waals surface area (Å²) in [4.78, 5) is 18.7. The van der Waals surface area contributed by atoms with Crippen LogP contribution in [-0.4, -0.2) is 52.2 Å². The van der Waals surface area contributed by atoms with E-state index in [9.17, 15) is 4.79 Å². The van der Waals surface area contributed by atoms with Crippen LogP contribution in [0.1, 0.15) is 18.1 Å². The molecule has 1 amide bonds. The van der Waals surface area contributed by atoms with E-state index in [-0.39, 0.29) is 5.91 Å². The van der Waals surface area contributed by atoms with Crippen molar-refractivity contribution in [3.63, 3.8) is 0 Å². The number of benzene rings is 2. The van der Waals surface area contributed by atoms with E-state index in [1.54, 1.807) is 4.90 Å². The second kappa shape index (κ2) is 7.48. The Bertz CT molecular complexity index is 854. The molecule has 1 fully saturated rings. The maximum atomic E-state index is 13.0. The van der Waals surface area contributed by atoms with Crippen LogP contribution in [0.5, 0.6) is 0 Å². The molecular formula is C21H23N3OSe. The number of carbonyl (C=O) groups excluding carboxylic acids is 1. The fraction of sp³-hybridized carbons (Fsp3) is 0.238. The maximum absolute atomic E-state index is 13.0. The molecule has 3 rings (SSSR count). The van der Waals surface area contributed by atoms with Crippen LogP contribution in [0.4, 0.5) is 11.4 Å². The van der Waals surface area contributed by atoms with Gasteiger partial charge >= 0.3 is 163 Å². The predicted molar refractivity (Wildman–Crippen MR) is 111 cm³/mol. The van der Waals surface area contributed by atoms with Crippen molar-refractivity contribution in [3.05, 3.63) is 65.4 Å². The fourth-order valence-corrected chi connectivity index (χ4v) is 3.49. The first-order valence-electron chi connectivity index (χ1n) is 8.62. The van der Waals surface area contributed by atoms with Gasteiger partial charge in [0.2, 0.25) is 0 Å². The molecule has 1 aliphatic rings. The molecule has 0 unspecified atom stereocenters. The Morgan fingerprint density at radius 3 is 2.19 bits per heavy atom. The van der Waals surface area contributed by atoms with E-state index in [0.717, 1.165) is 28.0 Å². The van der Waals surface area contributed by atoms with Crippen molar-refractivity contribution in [2.45, 2.75) is 13.3 Å². The van der Waals surface area contributed by atoms with E-state index in [1.165, 1.54) is 5.56 Å². The summed E-state index contributed by atoms with van der Waals surface area (Å²) in [5, 5.41) is 0. The van der Waals surface area contributed by atoms with Gasteiger partial charge in [0.05, 0.1) is 0 Å². The van der Waals surface area contributed by atoms with Crippen molar-refractivity contribution in [1.29, 1.82) is 0 Å². The van der Waals surface area contributed by atoms with Gasteiger partial charge in [0, 0.05) is 0 Å². The topological polar surface area (TPSA) is 26.8 Å². The molecule has 0 spiro atoms. The van der Waals surface area contributed by atoms with Crippen molar-refractivity contribution in [1.82, 2.24) is 4.90 Å². The summed E-state index contributed by atoms with van der Waals surface area (Å²) >= 11 is 3.04. The van der Waals surface area contributed by atoms with Gasteiger partial charge in [-0.05, 0) is 0 Å². The number of hydrogen-bond donors (Lipinski definition) is 0. The summed E-state index contributed by atoms with van der Waals surface area (Å²) in [6.45, 7) is 2.12. The SMILES string of the molecule is CCc1ccc(N2C(=O)C(=Cc3ccc(N(C)C)cc3)N(C)C2=[Se])cc1. The van der Waals surface area contributed by atoms with Gasteiger partial charge in [-0.3, -0.25) is 0 Å². The van der Waals surface area contributed by atoms with E-state index in [2.05, 4.69) is 51.7 Å². The monoisotopic (exact) mass is 413 g/mol. The summed E-state index contributed by atoms with van der Waals surface area (Å²) in [5.74, 6) is -0.0258. The van der Waals surface area contributed by atoms with Gasteiger partial charge in [-0.2, -0.15) is 0 Å². The molecule has 4 nitrogen and oxygen atoms in total. The second-order valence-electron chi connectivity index (χ2n) is 6.52. The Balaban J connectivity index is 1.91. The Kier molecular flexibility index (Phi) is 5.30. The third kappa shape index (κ3) is 3.46. The zero-order valence-corrected chi connectivity index (χ0v) is 17.3. The Labute approximate surface area is 163 Å². The normalized spacial score (nSPS) is 15.9. The van der Waals surface area contributed by atoms with Crippen LogP contribution in [0.15, 0.2) is 54.2 Å². The van der Waals surface area contributed by atoms with Crippen molar-refractivity contribution < 1.29 is 4.79 Å². The van der Waals surface area contributed by atoms with E-state index in [1.807, 2.05) is 56.4 Å². The first kappa shape index (κ1) is 18.4. The van der Waals surface area contributed by atoms with Crippen molar-refractivity contribution >= 4 is 43.6 Å². The molecule has 5 heteroatoms. The minimum atomic E-state index is -0.0258. The summed E-state index contributed by atoms with van der Waals surface area (Å²) in [6.07, 6.45) is 2.91. The molecule has 0 radical (unpaired) electrons. The number of nitrogens with zero attached hydrogens (tertiary/aromatic N) is 3. The average molecular weight is 412 g/mol. The fourth-order valence-electron chi connectivity index (χ4n) is 2.89. The van der Waals surface area contributed by atoms with Gasteiger partial charge in [0.25, 0.3) is 0 Å². The number of rotatable bonds is 4. The van der Waals surface area contributed by atoms with E-state index < -0.39 is 0 Å². The molecule has 0 N–H and O–H groups in total. The Morgan fingerprint density at radius 2 is 1.65 bits per heavy atom. The molecule has 26 heavy (non-hydrogen) atoms. The molecule has 2 aromatic rings. The van der Waals surface area contributed by atoms with Gasteiger partial charge in [0.15, 0.2) is 0 Å². The molecule has 2 aromatic carbocycles. The van der Waals surface area contributed by atoms with Gasteiger partial charge in [-0.15, -0.1) is 0 Å². The Morgan fingerprint density at radius 1 is 1.04 bits per heavy atom. The quantitative estimate of drug-likeness (QED) is 0.571. The van der Waals surface area contributed by atoms with Gasteiger partial charge < -0.3 is 0 Å². The molecule has 1 saturated heterocycles. The first-order valence-corrected chi connectivity index (χ1v) is 9.48. The third-order valence-corrected chi connectivity index (χ3v) is 5.54. The van der Waals surface area contributed by atoms with Crippen molar-refractivity contribution in [2.24, 2.45) is 0 Å². The number of anilines is 2. The van der Waals surface area contributed by atoms with E-state index in [0.29, 0.717) is 5.70 Å². The summed E-state index contributed by atoms with van der Waals surface area (Å²) in [6, 6.07) is 16.3. The summed E-state index contributed by atoms with van der Waals surface area (Å²) in [7, 11) is 5.93. The molecular weight excluding hydrogens is 389 g/mol. The number of likely N-dealkylation sites (N-methyl/N-ethyl adjacent to an activating group) is 1. The molecule has 0 atom stereocenters. The standard InChI is InChI=1S/C21H23N3OSe/c1-5-15-6-12-18(13-7-15)24-20(25)19(23(4)21(24)26)14-16-8-10-17(11-9-16)22(2)3/h6-14H,5H2,1-4H3. The van der Waals surface area contributed by atoms with Gasteiger partial charge in [0.1, 0.15) is 0 Å². The van der Waals surface area contributed by atoms with Crippen molar-refractivity contribution in [3.8, 4) is 0 Å². The van der Waals surface area contributed by atoms with Crippen LogP contribution >= 0.6 is 0 Å². The average Bonchev–Trinajstić information content (AvgIpc) is 2.86. The van der Waals surface area contributed by atoms with Crippen LogP contribution in [0, 0.1) is 0 Å². The molecule has 0 aliphatic carbocycles. The summed E-state index contributed by atoms with van der Waals surface area (Å²) < 4.78 is 0.787. The third-order valence-electron chi connectivity index (χ3n) is 4.58. The molecule has 1 heterocycles. The minimum absolute atomic E-state index is 0.0258. The van der Waals surface area contributed by atoms with Gasteiger partial charge in [-0.25, -0.2) is 0 Å². The number of amides is 1. The number of carbonyl (C=O) groups is 1. The first-order chi connectivity index (χ1) is 12.4. The zero-order valence-electron chi connectivity index (χ0n) is 15.6. The zero-order chi connectivity index (χ0) is 18.8. The van der Waals surface area contributed by atoms with Crippen LogP contribution < -0.4 is 9.80 Å². The molecule has 1 aliphatic heterocycles. The van der Waals surface area contributed by atoms with E-state index >= 15 is 0 Å². The molecule has 0 bridgehead atoms.